The molecule has 0 amide bonds. The van der Waals surface area contributed by atoms with Gasteiger partial charge in [0.05, 0.1) is 82.8 Å². The molecule has 45 heteroatoms. The van der Waals surface area contributed by atoms with E-state index in [1.165, 1.54) is 20.5 Å². The molecule has 0 fully saturated rings. The smallest absolute Gasteiger partial charge is 0.463 e. The highest BCUT2D eigenvalue weighted by Crippen LogP contribution is 2.24. The van der Waals surface area contributed by atoms with E-state index in [0.717, 1.165) is 12.8 Å². The molecule has 0 aromatic carbocycles. The maximum atomic E-state index is 12.2. The van der Waals surface area contributed by atoms with E-state index in [1.54, 1.807) is 153 Å². The predicted molar refractivity (Wildman–Crippen MR) is 508 cm³/mol. The zero-order chi connectivity index (χ0) is 108. The van der Waals surface area contributed by atoms with Crippen LogP contribution in [0.1, 0.15) is 316 Å². The lowest BCUT2D eigenvalue weighted by Gasteiger charge is -2.29. The number of nitrogens with zero attached hydrogens (tertiary/aromatic N) is 4. The molecule has 0 aromatic rings. The van der Waals surface area contributed by atoms with Gasteiger partial charge in [-0.2, -0.15) is 0 Å². The van der Waals surface area contributed by atoms with E-state index in [1.807, 2.05) is 104 Å². The number of carbonyl (C=O) groups is 10. The fourth-order valence-corrected chi connectivity index (χ4v) is 7.27. The SMILES string of the molecule is C.C.CC(C)(C)C(=O)OCCO[N+](=O)[O-].CCC.CCC(COC(=O)C(C)(C)C)OC.CCC(COC(=O)C(C)(C)C)O[N+](=O)[O-].CCC(COC(=O)OC(C)(C)C)OC(C)(C)C(=O)OCCOC(C)(C)C.CCC(COC(=O)OC(C)CO[N+](=O)[O-])OC(C)(C)C(=O)OCCOC.CCC(COC)OC(=O)C(C)(C)C.CCC(CO[N+](=O)[O-])OC(=O)C(C)(C)C.COCCOC(=O)C(C)(C)C. The van der Waals surface area contributed by atoms with Crippen LogP contribution in [0.3, 0.4) is 0 Å². The quantitative estimate of drug-likeness (QED) is 0.0179. The van der Waals surface area contributed by atoms with Crippen LogP contribution in [-0.4, -0.2) is 273 Å². The summed E-state index contributed by atoms with van der Waals surface area (Å²) in [5, 5.41) is 36.1. The van der Waals surface area contributed by atoms with Gasteiger partial charge < -0.3 is 109 Å². The number of hydrogen-bond donors (Lipinski definition) is 0. The van der Waals surface area contributed by atoms with Gasteiger partial charge in [-0.05, 0) is 239 Å². The molecule has 0 aliphatic rings. The van der Waals surface area contributed by atoms with E-state index in [9.17, 15) is 88.4 Å². The van der Waals surface area contributed by atoms with Crippen molar-refractivity contribution in [1.29, 1.82) is 0 Å². The Morgan fingerprint density at radius 1 is 0.277 bits per heavy atom. The molecule has 0 rings (SSSR count). The van der Waals surface area contributed by atoms with Crippen molar-refractivity contribution in [3.8, 4) is 0 Å². The van der Waals surface area contributed by atoms with Crippen molar-refractivity contribution in [3.63, 3.8) is 0 Å². The largest absolute Gasteiger partial charge is 0.508 e. The van der Waals surface area contributed by atoms with E-state index in [4.69, 9.17) is 85.3 Å². The van der Waals surface area contributed by atoms with Gasteiger partial charge in [0.25, 0.3) is 20.3 Å². The standard InChI is InChI=1S/C19H36O7.C15H27NO10.2C10H20O3.2C9H17NO5.C8H16O3.C7H13NO5.C3H8.2CH4/c1-10-14(13-23-16(21)26-18(5,6)7)25-19(8,9)15(20)22-11-12-24-17(2,3)4;1-6-12(26-15(3,4)13(17)22-8-7-21-5)10-23-14(18)25-11(2)9-24-16(19)20;1-6-8(12-5)7-13-9(11)10(2,3)4;1-6-8(7-12-5)13-9(11)10(2,3)4;1-5-7(6-14-10(12)13)15-8(11)9(2,3)4;1-5-7(15-10(12)13)6-14-8(11)9(2,3)4;1-8(2,3)7(9)11-6-5-10-4;1-7(2,3)6(9)12-4-5-13-8(10)11;1-3-2;;/h14H,10-13H2,1-9H3;11-12H,6-10H2,1-5H3;2*8H,6-7H2,1-5H3;2*7H,5-6H2,1-4H3;5-6H2,1-4H3;4-5H2,1-3H3;3H2,1-2H3;2*1H4. The Labute approximate surface area is 816 Å². The van der Waals surface area contributed by atoms with Crippen LogP contribution in [0, 0.1) is 72.9 Å². The van der Waals surface area contributed by atoms with E-state index >= 15 is 0 Å². The van der Waals surface area contributed by atoms with Crippen molar-refractivity contribution in [2.24, 2.45) is 32.5 Å². The summed E-state index contributed by atoms with van der Waals surface area (Å²) in [7, 11) is 6.29. The normalized spacial score (nSPS) is 12.7. The van der Waals surface area contributed by atoms with Crippen molar-refractivity contribution in [2.75, 3.05) is 128 Å². The first kappa shape index (κ1) is 151. The molecule has 816 valence electrons. The Morgan fingerprint density at radius 2 is 0.562 bits per heavy atom. The van der Waals surface area contributed by atoms with Crippen LogP contribution in [-0.2, 0) is 148 Å². The molecule has 7 atom stereocenters. The zero-order valence-corrected chi connectivity index (χ0v) is 89.1. The number of carbonyl (C=O) groups excluding carboxylic acids is 10. The third kappa shape index (κ3) is 98.2. The highest BCUT2D eigenvalue weighted by molar-refractivity contribution is 5.80. The lowest BCUT2D eigenvalue weighted by molar-refractivity contribution is -0.769. The van der Waals surface area contributed by atoms with Gasteiger partial charge in [0.15, 0.2) is 11.2 Å². The fourth-order valence-electron chi connectivity index (χ4n) is 7.27. The lowest BCUT2D eigenvalue weighted by atomic mass is 9.97. The second-order valence-corrected chi connectivity index (χ2v) is 38.5. The van der Waals surface area contributed by atoms with E-state index < -0.39 is 143 Å². The Hall–Kier alpha value is -9.18. The Morgan fingerprint density at radius 3 is 0.847 bits per heavy atom. The minimum absolute atomic E-state index is 0. The summed E-state index contributed by atoms with van der Waals surface area (Å²) >= 11 is 0. The average molecular weight is 2000 g/mol. The summed E-state index contributed by atoms with van der Waals surface area (Å²) in [5.41, 5.74) is -6.39. The second-order valence-electron chi connectivity index (χ2n) is 38.5. The van der Waals surface area contributed by atoms with Gasteiger partial charge in [-0.15, -0.1) is 40.5 Å². The van der Waals surface area contributed by atoms with Crippen LogP contribution >= 0.6 is 0 Å². The summed E-state index contributed by atoms with van der Waals surface area (Å²) < 4.78 is 96.4. The third-order valence-corrected chi connectivity index (χ3v) is 15.2. The number of methoxy groups -OCH3 is 4. The lowest BCUT2D eigenvalue weighted by Crippen LogP contribution is -2.42. The molecule has 0 aliphatic carbocycles. The van der Waals surface area contributed by atoms with Gasteiger partial charge in [0, 0.05) is 28.4 Å². The zero-order valence-electron chi connectivity index (χ0n) is 89.1. The van der Waals surface area contributed by atoms with Gasteiger partial charge in [-0.25, -0.2) is 19.2 Å². The van der Waals surface area contributed by atoms with Crippen molar-refractivity contribution < 1.29 is 178 Å². The summed E-state index contributed by atoms with van der Waals surface area (Å²) in [4.78, 5) is 171. The van der Waals surface area contributed by atoms with Crippen LogP contribution in [0.25, 0.3) is 0 Å². The molecule has 0 aromatic heterocycles. The van der Waals surface area contributed by atoms with Crippen molar-refractivity contribution >= 4 is 60.1 Å². The van der Waals surface area contributed by atoms with Gasteiger partial charge >= 0.3 is 60.1 Å². The summed E-state index contributed by atoms with van der Waals surface area (Å²) in [5.74, 6) is -2.78. The van der Waals surface area contributed by atoms with Crippen LogP contribution in [0.5, 0.6) is 0 Å². The molecule has 0 aliphatic heterocycles. The molecule has 45 nitrogen and oxygen atoms in total. The molecule has 137 heavy (non-hydrogen) atoms. The van der Waals surface area contributed by atoms with Gasteiger partial charge in [0.2, 0.25) is 0 Å². The van der Waals surface area contributed by atoms with Gasteiger partial charge in [-0.1, -0.05) is 76.7 Å². The first-order valence-corrected chi connectivity index (χ1v) is 44.7. The van der Waals surface area contributed by atoms with Crippen molar-refractivity contribution in [1.82, 2.24) is 0 Å². The molecule has 0 N–H and O–H groups in total. The van der Waals surface area contributed by atoms with E-state index in [2.05, 4.69) is 37.9 Å². The number of esters is 8. The molecular weight excluding hydrogens is 1820 g/mol. The van der Waals surface area contributed by atoms with Crippen molar-refractivity contribution in [2.45, 2.75) is 381 Å². The molecule has 0 spiro atoms. The Kier molecular flexibility index (Phi) is 87.5. The molecule has 0 heterocycles. The van der Waals surface area contributed by atoms with Crippen LogP contribution < -0.4 is 0 Å². The molecule has 7 unspecified atom stereocenters. The van der Waals surface area contributed by atoms with Crippen LogP contribution in [0.2, 0.25) is 0 Å². The first-order chi connectivity index (χ1) is 61.4. The fraction of sp³-hybridized carbons (Fsp3) is 0.891. The summed E-state index contributed by atoms with van der Waals surface area (Å²) in [6.45, 7) is 67.3. The van der Waals surface area contributed by atoms with E-state index in [0.29, 0.717) is 58.7 Å². The van der Waals surface area contributed by atoms with Crippen LogP contribution in [0.4, 0.5) is 9.59 Å². The maximum absolute atomic E-state index is 12.2. The maximum Gasteiger partial charge on any atom is 0.508 e. The number of ether oxygens (including phenoxy) is 19. The summed E-state index contributed by atoms with van der Waals surface area (Å²) in [6.07, 6.45) is -0.204. The minimum atomic E-state index is -1.24. The monoisotopic (exact) mass is 2000 g/mol. The Bertz CT molecular complexity index is 3240. The molecular formula is C92H182N4O41. The number of rotatable bonds is 47. The summed E-state index contributed by atoms with van der Waals surface area (Å²) in [6, 6.07) is 0. The first-order valence-electron chi connectivity index (χ1n) is 44.7. The van der Waals surface area contributed by atoms with Gasteiger partial charge in [-0.3, -0.25) is 28.8 Å². The predicted octanol–water partition coefficient (Wildman–Crippen LogP) is 17.2. The Balaban J connectivity index is -0.000000149. The number of hydrogen-bond acceptors (Lipinski definition) is 41. The second kappa shape index (κ2) is 79.6. The molecule has 0 radical (unpaired) electrons. The molecule has 0 bridgehead atoms. The highest BCUT2D eigenvalue weighted by Gasteiger charge is 2.37. The highest BCUT2D eigenvalue weighted by atomic mass is 17.0. The molecule has 0 saturated heterocycles. The minimum Gasteiger partial charge on any atom is -0.463 e. The average Bonchev–Trinajstić information content (AvgIpc) is 0.853. The molecule has 0 saturated carbocycles. The topological polar surface area (TPSA) is 556 Å². The van der Waals surface area contributed by atoms with Crippen molar-refractivity contribution in [3.05, 3.63) is 40.5 Å². The third-order valence-electron chi connectivity index (χ3n) is 15.2. The van der Waals surface area contributed by atoms with E-state index in [-0.39, 0.29) is 116 Å². The van der Waals surface area contributed by atoms with Gasteiger partial charge in [0.1, 0.15) is 103 Å². The van der Waals surface area contributed by atoms with Crippen LogP contribution in [0.15, 0.2) is 0 Å².